The van der Waals surface area contributed by atoms with Crippen LogP contribution in [0.15, 0.2) is 0 Å². The normalized spacial score (nSPS) is 28.8. The van der Waals surface area contributed by atoms with Gasteiger partial charge in [-0.1, -0.05) is 6.42 Å². The minimum Gasteiger partial charge on any atom is -0.306 e. The zero-order valence-electron chi connectivity index (χ0n) is 4.89. The van der Waals surface area contributed by atoms with Crippen LogP contribution >= 0.6 is 0 Å². The molecule has 0 bridgehead atoms. The van der Waals surface area contributed by atoms with Crippen LogP contribution in [0.5, 0.6) is 0 Å². The molecule has 1 unspecified atom stereocenters. The molecule has 0 heterocycles. The smallest absolute Gasteiger partial charge is 0.158 e. The van der Waals surface area contributed by atoms with E-state index < -0.39 is 11.1 Å². The molecule has 1 N–H and O–H groups in total. The highest BCUT2D eigenvalue weighted by Gasteiger charge is 2.37. The zero-order chi connectivity index (χ0) is 6.20. The van der Waals surface area contributed by atoms with Gasteiger partial charge in [-0.25, -0.2) is 4.21 Å². The van der Waals surface area contributed by atoms with Crippen LogP contribution in [-0.2, 0) is 11.1 Å². The summed E-state index contributed by atoms with van der Waals surface area (Å²) in [5.74, 6) is 0. The van der Waals surface area contributed by atoms with Gasteiger partial charge in [0, 0.05) is 0 Å². The van der Waals surface area contributed by atoms with Crippen molar-refractivity contribution < 1.29 is 8.76 Å². The van der Waals surface area contributed by atoms with Crippen molar-refractivity contribution in [3.8, 4) is 0 Å². The second kappa shape index (κ2) is 1.81. The van der Waals surface area contributed by atoms with Gasteiger partial charge < -0.3 is 4.55 Å². The lowest BCUT2D eigenvalue weighted by atomic mass is 9.86. The van der Waals surface area contributed by atoms with E-state index >= 15 is 0 Å². The summed E-state index contributed by atoms with van der Waals surface area (Å²) in [7, 11) is 0. The Morgan fingerprint density at radius 2 is 2.12 bits per heavy atom. The van der Waals surface area contributed by atoms with Crippen molar-refractivity contribution in [3.05, 3.63) is 0 Å². The van der Waals surface area contributed by atoms with Crippen molar-refractivity contribution in [2.75, 3.05) is 0 Å². The van der Waals surface area contributed by atoms with Gasteiger partial charge in [-0.3, -0.25) is 0 Å². The summed E-state index contributed by atoms with van der Waals surface area (Å²) in [5, 5.41) is 0. The van der Waals surface area contributed by atoms with E-state index in [-0.39, 0.29) is 4.75 Å². The second-order valence-electron chi connectivity index (χ2n) is 2.55. The Hall–Kier alpha value is 0.110. The maximum absolute atomic E-state index is 10.4. The quantitative estimate of drug-likeness (QED) is 0.546. The molecule has 0 aromatic carbocycles. The number of rotatable bonds is 1. The van der Waals surface area contributed by atoms with E-state index in [1.165, 1.54) is 0 Å². The van der Waals surface area contributed by atoms with Gasteiger partial charge in [0.2, 0.25) is 0 Å². The van der Waals surface area contributed by atoms with Crippen LogP contribution in [0.25, 0.3) is 0 Å². The molecule has 2 nitrogen and oxygen atoms in total. The van der Waals surface area contributed by atoms with E-state index in [1.54, 1.807) is 0 Å². The van der Waals surface area contributed by atoms with E-state index in [9.17, 15) is 4.21 Å². The van der Waals surface area contributed by atoms with E-state index in [4.69, 9.17) is 4.55 Å². The molecule has 0 saturated heterocycles. The summed E-state index contributed by atoms with van der Waals surface area (Å²) in [5.41, 5.74) is 0. The molecule has 1 aliphatic carbocycles. The summed E-state index contributed by atoms with van der Waals surface area (Å²) < 4.78 is 18.8. The Kier molecular flexibility index (Phi) is 1.41. The third-order valence-electron chi connectivity index (χ3n) is 1.83. The monoisotopic (exact) mass is 134 g/mol. The molecular weight excluding hydrogens is 124 g/mol. The zero-order valence-corrected chi connectivity index (χ0v) is 5.70. The van der Waals surface area contributed by atoms with Crippen molar-refractivity contribution in [3.63, 3.8) is 0 Å². The SMILES string of the molecule is CC1(S(=O)O)CCC1. The van der Waals surface area contributed by atoms with Crippen LogP contribution in [0.3, 0.4) is 0 Å². The Morgan fingerprint density at radius 1 is 1.62 bits per heavy atom. The Labute approximate surface area is 51.6 Å². The Morgan fingerprint density at radius 3 is 2.12 bits per heavy atom. The largest absolute Gasteiger partial charge is 0.306 e. The molecule has 3 heteroatoms. The van der Waals surface area contributed by atoms with E-state index in [0.29, 0.717) is 0 Å². The molecular formula is C5H10O2S. The molecule has 48 valence electrons. The fourth-order valence-electron chi connectivity index (χ4n) is 0.849. The predicted molar refractivity (Wildman–Crippen MR) is 33.0 cm³/mol. The van der Waals surface area contributed by atoms with Crippen LogP contribution in [0.4, 0.5) is 0 Å². The van der Waals surface area contributed by atoms with Gasteiger partial charge in [0.25, 0.3) is 0 Å². The van der Waals surface area contributed by atoms with Gasteiger partial charge in [-0.15, -0.1) is 0 Å². The highest BCUT2D eigenvalue weighted by Crippen LogP contribution is 2.35. The van der Waals surface area contributed by atoms with Crippen LogP contribution < -0.4 is 0 Å². The summed E-state index contributed by atoms with van der Waals surface area (Å²) in [6.45, 7) is 1.85. The highest BCUT2D eigenvalue weighted by atomic mass is 32.2. The standard InChI is InChI=1S/C5H10O2S/c1-5(8(6)7)3-2-4-5/h2-4H2,1H3,(H,6,7). The lowest BCUT2D eigenvalue weighted by molar-refractivity contribution is 0.355. The first-order valence-corrected chi connectivity index (χ1v) is 3.87. The van der Waals surface area contributed by atoms with E-state index in [2.05, 4.69) is 0 Å². The number of hydrogen-bond acceptors (Lipinski definition) is 1. The summed E-state index contributed by atoms with van der Waals surface area (Å²) in [6, 6.07) is 0. The van der Waals surface area contributed by atoms with Gasteiger partial charge in [0.15, 0.2) is 11.1 Å². The van der Waals surface area contributed by atoms with Gasteiger partial charge in [0.1, 0.15) is 0 Å². The first-order chi connectivity index (χ1) is 3.65. The Balaban J connectivity index is 2.53. The second-order valence-corrected chi connectivity index (χ2v) is 4.04. The molecule has 0 radical (unpaired) electrons. The minimum atomic E-state index is -1.59. The lowest BCUT2D eigenvalue weighted by Crippen LogP contribution is -2.37. The molecule has 0 aromatic rings. The third kappa shape index (κ3) is 0.801. The first-order valence-electron chi connectivity index (χ1n) is 2.76. The van der Waals surface area contributed by atoms with Crippen molar-refractivity contribution in [1.29, 1.82) is 0 Å². The maximum Gasteiger partial charge on any atom is 0.158 e. The van der Waals surface area contributed by atoms with Crippen molar-refractivity contribution in [1.82, 2.24) is 0 Å². The molecule has 1 fully saturated rings. The van der Waals surface area contributed by atoms with Gasteiger partial charge >= 0.3 is 0 Å². The van der Waals surface area contributed by atoms with E-state index in [0.717, 1.165) is 19.3 Å². The minimum absolute atomic E-state index is 0.250. The topological polar surface area (TPSA) is 37.3 Å². The Bertz CT molecular complexity index is 118. The molecule has 8 heavy (non-hydrogen) atoms. The van der Waals surface area contributed by atoms with Crippen LogP contribution in [0.1, 0.15) is 26.2 Å². The van der Waals surface area contributed by atoms with E-state index in [1.807, 2.05) is 6.92 Å². The van der Waals surface area contributed by atoms with Crippen molar-refractivity contribution >= 4 is 11.1 Å². The number of hydrogen-bond donors (Lipinski definition) is 1. The molecule has 0 amide bonds. The summed E-state index contributed by atoms with van der Waals surface area (Å²) in [4.78, 5) is 0. The molecule has 1 rings (SSSR count). The van der Waals surface area contributed by atoms with Crippen LogP contribution in [0.2, 0.25) is 0 Å². The lowest BCUT2D eigenvalue weighted by Gasteiger charge is -2.33. The molecule has 0 spiro atoms. The van der Waals surface area contributed by atoms with Crippen molar-refractivity contribution in [2.45, 2.75) is 30.9 Å². The first kappa shape index (κ1) is 6.23. The van der Waals surface area contributed by atoms with Crippen LogP contribution in [-0.4, -0.2) is 13.5 Å². The third-order valence-corrected chi connectivity index (χ3v) is 3.08. The molecule has 0 aromatic heterocycles. The fraction of sp³-hybridized carbons (Fsp3) is 1.00. The average molecular weight is 134 g/mol. The molecule has 1 aliphatic rings. The van der Waals surface area contributed by atoms with Gasteiger partial charge in [0.05, 0.1) is 4.75 Å². The predicted octanol–water partition coefficient (Wildman–Crippen LogP) is 1.15. The molecule has 1 atom stereocenters. The van der Waals surface area contributed by atoms with Gasteiger partial charge in [-0.05, 0) is 19.8 Å². The van der Waals surface area contributed by atoms with Gasteiger partial charge in [-0.2, -0.15) is 0 Å². The van der Waals surface area contributed by atoms with Crippen molar-refractivity contribution in [2.24, 2.45) is 0 Å². The molecule has 1 saturated carbocycles. The maximum atomic E-state index is 10.4. The fourth-order valence-corrected chi connectivity index (χ4v) is 1.49. The summed E-state index contributed by atoms with van der Waals surface area (Å²) in [6.07, 6.45) is 2.94. The summed E-state index contributed by atoms with van der Waals surface area (Å²) >= 11 is -1.59. The molecule has 0 aliphatic heterocycles. The highest BCUT2D eigenvalue weighted by molar-refractivity contribution is 7.80. The average Bonchev–Trinajstić information content (AvgIpc) is 1.60. The van der Waals surface area contributed by atoms with Crippen LogP contribution in [0, 0.1) is 0 Å².